The van der Waals surface area contributed by atoms with Crippen LogP contribution in [0.5, 0.6) is 0 Å². The van der Waals surface area contributed by atoms with Crippen molar-refractivity contribution in [3.63, 3.8) is 0 Å². The first-order chi connectivity index (χ1) is 15.5. The lowest BCUT2D eigenvalue weighted by atomic mass is 9.94. The molecule has 2 aromatic carbocycles. The van der Waals surface area contributed by atoms with Gasteiger partial charge in [0.25, 0.3) is 5.91 Å². The van der Waals surface area contributed by atoms with Gasteiger partial charge in [0, 0.05) is 42.5 Å². The Balaban J connectivity index is 1.41. The molecule has 0 spiro atoms. The van der Waals surface area contributed by atoms with Crippen LogP contribution < -0.4 is 5.32 Å². The van der Waals surface area contributed by atoms with Crippen molar-refractivity contribution in [1.29, 1.82) is 0 Å². The zero-order valence-electron chi connectivity index (χ0n) is 18.7. The number of benzene rings is 2. The molecule has 1 aliphatic carbocycles. The molecule has 2 amide bonds. The lowest BCUT2D eigenvalue weighted by molar-refractivity contribution is -0.123. The molecule has 5 nitrogen and oxygen atoms in total. The van der Waals surface area contributed by atoms with Crippen LogP contribution in [0.4, 0.5) is 5.69 Å². The third-order valence-corrected chi connectivity index (χ3v) is 7.05. The topological polar surface area (TPSA) is 52.7 Å². The summed E-state index contributed by atoms with van der Waals surface area (Å²) in [4.78, 5) is 30.5. The van der Waals surface area contributed by atoms with Gasteiger partial charge in [-0.25, -0.2) is 0 Å². The Labute approximate surface area is 195 Å². The maximum absolute atomic E-state index is 13.3. The number of rotatable bonds is 6. The van der Waals surface area contributed by atoms with Crippen molar-refractivity contribution in [1.82, 2.24) is 9.80 Å². The number of anilines is 1. The summed E-state index contributed by atoms with van der Waals surface area (Å²) in [6.45, 7) is 4.81. The predicted molar refractivity (Wildman–Crippen MR) is 129 cm³/mol. The van der Waals surface area contributed by atoms with E-state index in [0.717, 1.165) is 30.5 Å². The number of carbonyl (C=O) groups is 2. The molecular weight excluding hydrogens is 422 g/mol. The van der Waals surface area contributed by atoms with Crippen LogP contribution >= 0.6 is 11.6 Å². The predicted octanol–water partition coefficient (Wildman–Crippen LogP) is 4.86. The van der Waals surface area contributed by atoms with Crippen molar-refractivity contribution < 1.29 is 9.59 Å². The van der Waals surface area contributed by atoms with Gasteiger partial charge < -0.3 is 10.2 Å². The van der Waals surface area contributed by atoms with E-state index < -0.39 is 0 Å². The second-order valence-electron chi connectivity index (χ2n) is 8.87. The lowest BCUT2D eigenvalue weighted by Gasteiger charge is -2.40. The molecule has 2 aromatic rings. The maximum Gasteiger partial charge on any atom is 0.253 e. The van der Waals surface area contributed by atoms with E-state index in [1.165, 1.54) is 18.4 Å². The standard InChI is InChI=1S/C26H32ClN3O2/c1-2-19-10-12-21(13-11-19)26(32)30-16-14-29(15-17-30)24(20-6-3-4-7-20)25(31)28-23-9-5-8-22(27)18-23/h5,8-13,18,20,24H,2-4,6-7,14-17H2,1H3,(H,28,31)/t24-/m1/s1. The number of piperazine rings is 1. The fraction of sp³-hybridized carbons (Fsp3) is 0.462. The van der Waals surface area contributed by atoms with Crippen molar-refractivity contribution in [2.45, 2.75) is 45.1 Å². The summed E-state index contributed by atoms with van der Waals surface area (Å²) < 4.78 is 0. The number of hydrogen-bond acceptors (Lipinski definition) is 3. The zero-order chi connectivity index (χ0) is 22.5. The summed E-state index contributed by atoms with van der Waals surface area (Å²) >= 11 is 6.10. The Kier molecular flexibility index (Phi) is 7.48. The number of amides is 2. The normalized spacial score (nSPS) is 18.5. The van der Waals surface area contributed by atoms with Gasteiger partial charge in [-0.05, 0) is 61.1 Å². The smallest absolute Gasteiger partial charge is 0.253 e. The molecular formula is C26H32ClN3O2. The van der Waals surface area contributed by atoms with Crippen LogP contribution in [0, 0.1) is 5.92 Å². The van der Waals surface area contributed by atoms with Crippen molar-refractivity contribution in [2.75, 3.05) is 31.5 Å². The van der Waals surface area contributed by atoms with Crippen LogP contribution in [0.25, 0.3) is 0 Å². The summed E-state index contributed by atoms with van der Waals surface area (Å²) in [6.07, 6.45) is 5.48. The Morgan fingerprint density at radius 1 is 1.03 bits per heavy atom. The molecule has 1 N–H and O–H groups in total. The second-order valence-corrected chi connectivity index (χ2v) is 9.30. The highest BCUT2D eigenvalue weighted by Crippen LogP contribution is 2.32. The molecule has 4 rings (SSSR count). The Bertz CT molecular complexity index is 932. The van der Waals surface area contributed by atoms with E-state index in [0.29, 0.717) is 37.1 Å². The van der Waals surface area contributed by atoms with Crippen LogP contribution in [0.15, 0.2) is 48.5 Å². The van der Waals surface area contributed by atoms with Crippen molar-refractivity contribution >= 4 is 29.1 Å². The van der Waals surface area contributed by atoms with Gasteiger partial charge >= 0.3 is 0 Å². The lowest BCUT2D eigenvalue weighted by Crippen LogP contribution is -2.56. The molecule has 1 aliphatic heterocycles. The van der Waals surface area contributed by atoms with Crippen LogP contribution in [0.3, 0.4) is 0 Å². The number of carbonyl (C=O) groups excluding carboxylic acids is 2. The van der Waals surface area contributed by atoms with Crippen molar-refractivity contribution in [2.24, 2.45) is 5.92 Å². The van der Waals surface area contributed by atoms with Crippen LogP contribution in [-0.4, -0.2) is 53.8 Å². The van der Waals surface area contributed by atoms with Crippen molar-refractivity contribution in [3.8, 4) is 0 Å². The first kappa shape index (κ1) is 22.8. The van der Waals surface area contributed by atoms with Gasteiger partial charge in [0.15, 0.2) is 0 Å². The molecule has 1 saturated carbocycles. The summed E-state index contributed by atoms with van der Waals surface area (Å²) in [5.41, 5.74) is 2.70. The molecule has 0 bridgehead atoms. The third-order valence-electron chi connectivity index (χ3n) is 6.81. The molecule has 2 fully saturated rings. The Hall–Kier alpha value is -2.37. The fourth-order valence-electron chi connectivity index (χ4n) is 5.00. The monoisotopic (exact) mass is 453 g/mol. The van der Waals surface area contributed by atoms with E-state index in [9.17, 15) is 9.59 Å². The van der Waals surface area contributed by atoms with Crippen molar-refractivity contribution in [3.05, 3.63) is 64.7 Å². The maximum atomic E-state index is 13.3. The third kappa shape index (κ3) is 5.33. The van der Waals surface area contributed by atoms with E-state index >= 15 is 0 Å². The van der Waals surface area contributed by atoms with E-state index in [-0.39, 0.29) is 17.9 Å². The molecule has 0 aromatic heterocycles. The summed E-state index contributed by atoms with van der Waals surface area (Å²) in [7, 11) is 0. The van der Waals surface area contributed by atoms with E-state index in [4.69, 9.17) is 11.6 Å². The first-order valence-corrected chi connectivity index (χ1v) is 12.1. The number of halogens is 1. The zero-order valence-corrected chi connectivity index (χ0v) is 19.5. The SMILES string of the molecule is CCc1ccc(C(=O)N2CCN([C@@H](C(=O)Nc3cccc(Cl)c3)C3CCCC3)CC2)cc1. The van der Waals surface area contributed by atoms with E-state index in [1.54, 1.807) is 12.1 Å². The molecule has 170 valence electrons. The molecule has 0 unspecified atom stereocenters. The molecule has 2 aliphatic rings. The highest BCUT2D eigenvalue weighted by atomic mass is 35.5. The van der Waals surface area contributed by atoms with Gasteiger partial charge in [0.05, 0.1) is 6.04 Å². The second kappa shape index (κ2) is 10.5. The largest absolute Gasteiger partial charge is 0.336 e. The van der Waals surface area contributed by atoms with Gasteiger partial charge in [0.2, 0.25) is 5.91 Å². The summed E-state index contributed by atoms with van der Waals surface area (Å²) in [5.74, 6) is 0.472. The van der Waals surface area contributed by atoms with E-state index in [2.05, 4.69) is 17.1 Å². The Morgan fingerprint density at radius 3 is 2.34 bits per heavy atom. The highest BCUT2D eigenvalue weighted by molar-refractivity contribution is 6.30. The van der Waals surface area contributed by atoms with Gasteiger partial charge in [0.1, 0.15) is 0 Å². The minimum absolute atomic E-state index is 0.0362. The molecule has 0 radical (unpaired) electrons. The summed E-state index contributed by atoms with van der Waals surface area (Å²) in [6, 6.07) is 15.0. The van der Waals surface area contributed by atoms with E-state index in [1.807, 2.05) is 41.3 Å². The van der Waals surface area contributed by atoms with Gasteiger partial charge in [-0.1, -0.05) is 49.6 Å². The average molecular weight is 454 g/mol. The quantitative estimate of drug-likeness (QED) is 0.679. The number of nitrogens with one attached hydrogen (secondary N) is 1. The Morgan fingerprint density at radius 2 is 1.72 bits per heavy atom. The van der Waals surface area contributed by atoms with Gasteiger partial charge in [-0.15, -0.1) is 0 Å². The number of nitrogens with zero attached hydrogens (tertiary/aromatic N) is 2. The molecule has 6 heteroatoms. The van der Waals surface area contributed by atoms with Gasteiger partial charge in [-0.3, -0.25) is 14.5 Å². The average Bonchev–Trinajstić information content (AvgIpc) is 3.33. The molecule has 1 heterocycles. The summed E-state index contributed by atoms with van der Waals surface area (Å²) in [5, 5.41) is 3.69. The molecule has 1 atom stereocenters. The minimum Gasteiger partial charge on any atom is -0.336 e. The van der Waals surface area contributed by atoms with Crippen LogP contribution in [0.1, 0.15) is 48.5 Å². The number of hydrogen-bond donors (Lipinski definition) is 1. The fourth-order valence-corrected chi connectivity index (χ4v) is 5.19. The van der Waals surface area contributed by atoms with Gasteiger partial charge in [-0.2, -0.15) is 0 Å². The highest BCUT2D eigenvalue weighted by Gasteiger charge is 2.37. The minimum atomic E-state index is -0.169. The van der Waals surface area contributed by atoms with Crippen LogP contribution in [0.2, 0.25) is 5.02 Å². The van der Waals surface area contributed by atoms with Crippen LogP contribution in [-0.2, 0) is 11.2 Å². The first-order valence-electron chi connectivity index (χ1n) is 11.7. The molecule has 32 heavy (non-hydrogen) atoms. The molecule has 1 saturated heterocycles. The number of aryl methyl sites for hydroxylation is 1.